The smallest absolute Gasteiger partial charge is 0.142 e. The summed E-state index contributed by atoms with van der Waals surface area (Å²) in [4.78, 5) is 0. The third-order valence-electron chi connectivity index (χ3n) is 3.16. The Labute approximate surface area is 142 Å². The fourth-order valence-electron chi connectivity index (χ4n) is 2.23. The molecule has 0 heterocycles. The first-order valence-corrected chi connectivity index (χ1v) is 8.17. The molecule has 0 spiro atoms. The van der Waals surface area contributed by atoms with E-state index >= 15 is 0 Å². The van der Waals surface area contributed by atoms with E-state index < -0.39 is 5.82 Å². The molecule has 1 nitrogen and oxygen atoms in total. The van der Waals surface area contributed by atoms with Crippen LogP contribution in [0.5, 0.6) is 0 Å². The van der Waals surface area contributed by atoms with Crippen LogP contribution in [0.4, 0.5) is 4.39 Å². The Morgan fingerprint density at radius 2 is 1.95 bits per heavy atom. The Bertz CT molecular complexity index is 613. The summed E-state index contributed by atoms with van der Waals surface area (Å²) >= 11 is 15.3. The first kappa shape index (κ1) is 16.8. The minimum Gasteiger partial charge on any atom is -0.310 e. The molecule has 2 aromatic rings. The highest BCUT2D eigenvalue weighted by Crippen LogP contribution is 2.27. The fraction of sp³-hybridized carbons (Fsp3) is 0.250. The van der Waals surface area contributed by atoms with Crippen LogP contribution in [0.15, 0.2) is 40.9 Å². The van der Waals surface area contributed by atoms with Crippen LogP contribution >= 0.6 is 39.1 Å². The van der Waals surface area contributed by atoms with Gasteiger partial charge in [0.15, 0.2) is 0 Å². The maximum atomic E-state index is 13.6. The van der Waals surface area contributed by atoms with E-state index in [9.17, 15) is 4.39 Å². The predicted molar refractivity (Wildman–Crippen MR) is 90.7 cm³/mol. The SMILES string of the molecule is CCNC(Cc1ccc(Cl)c(F)c1)c1cc(Cl)cc(Br)c1. The lowest BCUT2D eigenvalue weighted by molar-refractivity contribution is 0.546. The number of hydrogen-bond donors (Lipinski definition) is 1. The summed E-state index contributed by atoms with van der Waals surface area (Å²) in [5.74, 6) is -0.392. The summed E-state index contributed by atoms with van der Waals surface area (Å²) < 4.78 is 14.5. The second-order valence-electron chi connectivity index (χ2n) is 4.77. The van der Waals surface area contributed by atoms with Gasteiger partial charge in [-0.25, -0.2) is 4.39 Å². The molecular weight excluding hydrogens is 376 g/mol. The third-order valence-corrected chi connectivity index (χ3v) is 4.14. The van der Waals surface area contributed by atoms with Gasteiger partial charge in [0.1, 0.15) is 5.82 Å². The zero-order valence-electron chi connectivity index (χ0n) is 11.5. The molecule has 0 radical (unpaired) electrons. The molecule has 0 bridgehead atoms. The normalized spacial score (nSPS) is 12.4. The number of rotatable bonds is 5. The topological polar surface area (TPSA) is 12.0 Å². The molecule has 0 aliphatic heterocycles. The lowest BCUT2D eigenvalue weighted by Crippen LogP contribution is -2.23. The van der Waals surface area contributed by atoms with Gasteiger partial charge in [0.05, 0.1) is 5.02 Å². The molecule has 0 saturated carbocycles. The average Bonchev–Trinajstić information content (AvgIpc) is 2.41. The van der Waals surface area contributed by atoms with Gasteiger partial charge in [-0.15, -0.1) is 0 Å². The fourth-order valence-corrected chi connectivity index (χ4v) is 3.24. The molecule has 0 fully saturated rings. The van der Waals surface area contributed by atoms with Gasteiger partial charge >= 0.3 is 0 Å². The van der Waals surface area contributed by atoms with Gasteiger partial charge in [0.2, 0.25) is 0 Å². The van der Waals surface area contributed by atoms with Crippen molar-refractivity contribution in [3.05, 3.63) is 67.9 Å². The van der Waals surface area contributed by atoms with E-state index in [-0.39, 0.29) is 11.1 Å². The molecule has 112 valence electrons. The summed E-state index contributed by atoms with van der Waals surface area (Å²) in [5, 5.41) is 4.21. The van der Waals surface area contributed by atoms with Crippen molar-refractivity contribution in [2.75, 3.05) is 6.54 Å². The van der Waals surface area contributed by atoms with E-state index in [1.807, 2.05) is 31.2 Å². The molecule has 1 N–H and O–H groups in total. The van der Waals surface area contributed by atoms with Gasteiger partial charge in [-0.1, -0.05) is 52.1 Å². The van der Waals surface area contributed by atoms with Gasteiger partial charge in [-0.2, -0.15) is 0 Å². The van der Waals surface area contributed by atoms with Crippen molar-refractivity contribution < 1.29 is 4.39 Å². The van der Waals surface area contributed by atoms with Crippen LogP contribution in [0, 0.1) is 5.82 Å². The first-order valence-electron chi connectivity index (χ1n) is 6.63. The Kier molecular flexibility index (Phi) is 6.06. The summed E-state index contributed by atoms with van der Waals surface area (Å²) in [6, 6.07) is 10.8. The van der Waals surface area contributed by atoms with Gasteiger partial charge in [0.25, 0.3) is 0 Å². The van der Waals surface area contributed by atoms with Crippen LogP contribution < -0.4 is 5.32 Å². The van der Waals surface area contributed by atoms with E-state index in [4.69, 9.17) is 23.2 Å². The van der Waals surface area contributed by atoms with Crippen molar-refractivity contribution >= 4 is 39.1 Å². The van der Waals surface area contributed by atoms with Crippen LogP contribution in [0.25, 0.3) is 0 Å². The number of hydrogen-bond acceptors (Lipinski definition) is 1. The lowest BCUT2D eigenvalue weighted by Gasteiger charge is -2.19. The molecule has 5 heteroatoms. The summed E-state index contributed by atoms with van der Waals surface area (Å²) in [6.45, 7) is 2.85. The van der Waals surface area contributed by atoms with Crippen molar-refractivity contribution in [2.24, 2.45) is 0 Å². The highest BCUT2D eigenvalue weighted by Gasteiger charge is 2.13. The van der Waals surface area contributed by atoms with Crippen LogP contribution in [-0.2, 0) is 6.42 Å². The Morgan fingerprint density at radius 3 is 2.57 bits per heavy atom. The largest absolute Gasteiger partial charge is 0.310 e. The number of nitrogens with one attached hydrogen (secondary N) is 1. The quantitative estimate of drug-likeness (QED) is 0.681. The maximum Gasteiger partial charge on any atom is 0.142 e. The lowest BCUT2D eigenvalue weighted by atomic mass is 9.99. The molecule has 0 aliphatic carbocycles. The van der Waals surface area contributed by atoms with E-state index in [0.717, 1.165) is 22.1 Å². The maximum absolute atomic E-state index is 13.6. The number of benzene rings is 2. The minimum absolute atomic E-state index is 0.0607. The molecule has 0 aromatic heterocycles. The molecule has 2 aromatic carbocycles. The summed E-state index contributed by atoms with van der Waals surface area (Å²) in [7, 11) is 0. The summed E-state index contributed by atoms with van der Waals surface area (Å²) in [5.41, 5.74) is 1.95. The van der Waals surface area contributed by atoms with Crippen LogP contribution in [0.1, 0.15) is 24.1 Å². The molecule has 0 saturated heterocycles. The summed E-state index contributed by atoms with van der Waals surface area (Å²) in [6.07, 6.45) is 0.661. The zero-order chi connectivity index (χ0) is 15.4. The molecular formula is C16H15BrCl2FN. The molecule has 0 amide bonds. The molecule has 0 aliphatic rings. The average molecular weight is 391 g/mol. The highest BCUT2D eigenvalue weighted by atomic mass is 79.9. The Hall–Kier alpha value is -0.610. The predicted octanol–water partition coefficient (Wildman–Crippen LogP) is 5.79. The second-order valence-corrected chi connectivity index (χ2v) is 6.52. The van der Waals surface area contributed by atoms with E-state index in [1.54, 1.807) is 6.07 Å². The van der Waals surface area contributed by atoms with Crippen LogP contribution in [-0.4, -0.2) is 6.54 Å². The Balaban J connectivity index is 2.27. The molecule has 21 heavy (non-hydrogen) atoms. The van der Waals surface area contributed by atoms with Crippen molar-refractivity contribution in [3.8, 4) is 0 Å². The standard InChI is InChI=1S/C16H15BrCl2FN/c1-2-21-16(11-7-12(17)9-13(18)8-11)6-10-3-4-14(19)15(20)5-10/h3-5,7-9,16,21H,2,6H2,1H3. The minimum atomic E-state index is -0.392. The van der Waals surface area contributed by atoms with Crippen molar-refractivity contribution in [1.82, 2.24) is 5.32 Å². The second kappa shape index (κ2) is 7.59. The monoisotopic (exact) mass is 389 g/mol. The highest BCUT2D eigenvalue weighted by molar-refractivity contribution is 9.10. The van der Waals surface area contributed by atoms with Gasteiger partial charge in [-0.05, 0) is 54.4 Å². The van der Waals surface area contributed by atoms with Crippen molar-refractivity contribution in [2.45, 2.75) is 19.4 Å². The zero-order valence-corrected chi connectivity index (χ0v) is 14.6. The Morgan fingerprint density at radius 1 is 1.19 bits per heavy atom. The first-order chi connectivity index (χ1) is 9.99. The van der Waals surface area contributed by atoms with Gasteiger partial charge < -0.3 is 5.32 Å². The van der Waals surface area contributed by atoms with E-state index in [1.165, 1.54) is 6.07 Å². The van der Waals surface area contributed by atoms with Crippen LogP contribution in [0.3, 0.4) is 0 Å². The number of likely N-dealkylation sites (N-methyl/N-ethyl adjacent to an activating group) is 1. The van der Waals surface area contributed by atoms with E-state index in [2.05, 4.69) is 21.2 Å². The van der Waals surface area contributed by atoms with E-state index in [0.29, 0.717) is 11.4 Å². The van der Waals surface area contributed by atoms with Gasteiger partial charge in [-0.3, -0.25) is 0 Å². The molecule has 2 rings (SSSR count). The van der Waals surface area contributed by atoms with Crippen molar-refractivity contribution in [3.63, 3.8) is 0 Å². The van der Waals surface area contributed by atoms with Crippen molar-refractivity contribution in [1.29, 1.82) is 0 Å². The third kappa shape index (κ3) is 4.68. The molecule has 1 atom stereocenters. The van der Waals surface area contributed by atoms with Crippen LogP contribution in [0.2, 0.25) is 10.0 Å². The number of halogens is 4. The van der Waals surface area contributed by atoms with Gasteiger partial charge in [0, 0.05) is 15.5 Å². The molecule has 1 unspecified atom stereocenters.